The van der Waals surface area contributed by atoms with Gasteiger partial charge in [-0.15, -0.1) is 0 Å². The first kappa shape index (κ1) is 11.1. The fourth-order valence-corrected chi connectivity index (χ4v) is 2.11. The summed E-state index contributed by atoms with van der Waals surface area (Å²) in [7, 11) is 0. The van der Waals surface area contributed by atoms with E-state index in [1.54, 1.807) is 0 Å². The maximum atomic E-state index is 9.06. The fourth-order valence-electron chi connectivity index (χ4n) is 2.11. The predicted molar refractivity (Wildman–Crippen MR) is 63.4 cm³/mol. The molecule has 1 aliphatic carbocycles. The van der Waals surface area contributed by atoms with Crippen molar-refractivity contribution < 1.29 is 5.11 Å². The van der Waals surface area contributed by atoms with Crippen LogP contribution < -0.4 is 5.73 Å². The number of nitrogen functional groups attached to an aromatic ring is 1. The molecule has 0 spiro atoms. The van der Waals surface area contributed by atoms with Gasteiger partial charge in [0.05, 0.1) is 18.5 Å². The Morgan fingerprint density at radius 1 is 1.50 bits per heavy atom. The fraction of sp³-hybridized carbons (Fsp3) is 0.500. The van der Waals surface area contributed by atoms with Gasteiger partial charge in [0.1, 0.15) is 11.5 Å². The number of aromatic nitrogens is 2. The number of hydrogen-bond acceptors (Lipinski definition) is 4. The number of allylic oxidation sites excluding steroid dienone is 2. The minimum Gasteiger partial charge on any atom is -0.390 e. The highest BCUT2D eigenvalue weighted by atomic mass is 16.3. The SMILES string of the molecule is CC1(C)CCC=C1c1nc(CO)cnc1N. The summed E-state index contributed by atoms with van der Waals surface area (Å²) >= 11 is 0. The Labute approximate surface area is 95.2 Å². The summed E-state index contributed by atoms with van der Waals surface area (Å²) in [5.74, 6) is 0.443. The average Bonchev–Trinajstić information content (AvgIpc) is 2.59. The standard InChI is InChI=1S/C12H17N3O/c1-12(2)5-3-4-9(12)10-11(13)14-6-8(7-16)15-10/h4,6,16H,3,5,7H2,1-2H3,(H2,13,14). The summed E-state index contributed by atoms with van der Waals surface area (Å²) in [5, 5.41) is 9.06. The van der Waals surface area contributed by atoms with Crippen molar-refractivity contribution in [1.82, 2.24) is 9.97 Å². The van der Waals surface area contributed by atoms with Crippen LogP contribution in [0, 0.1) is 5.41 Å². The Morgan fingerprint density at radius 2 is 2.25 bits per heavy atom. The first-order valence-electron chi connectivity index (χ1n) is 5.48. The van der Waals surface area contributed by atoms with E-state index in [0.717, 1.165) is 24.1 Å². The van der Waals surface area contributed by atoms with Gasteiger partial charge in [0, 0.05) is 0 Å². The van der Waals surface area contributed by atoms with Crippen molar-refractivity contribution in [2.45, 2.75) is 33.3 Å². The Bertz CT molecular complexity index is 438. The molecule has 0 unspecified atom stereocenters. The molecule has 4 nitrogen and oxygen atoms in total. The Balaban J connectivity index is 2.47. The third-order valence-electron chi connectivity index (χ3n) is 3.11. The molecule has 1 aromatic heterocycles. The number of nitrogens with zero attached hydrogens (tertiary/aromatic N) is 2. The molecule has 1 heterocycles. The number of hydrogen-bond donors (Lipinski definition) is 2. The van der Waals surface area contributed by atoms with Gasteiger partial charge >= 0.3 is 0 Å². The maximum absolute atomic E-state index is 9.06. The highest BCUT2D eigenvalue weighted by Gasteiger charge is 2.30. The van der Waals surface area contributed by atoms with Crippen LogP contribution in [-0.2, 0) is 6.61 Å². The second-order valence-corrected chi connectivity index (χ2v) is 4.79. The molecule has 4 heteroatoms. The van der Waals surface area contributed by atoms with Gasteiger partial charge in [0.25, 0.3) is 0 Å². The average molecular weight is 219 g/mol. The number of anilines is 1. The van der Waals surface area contributed by atoms with Crippen LogP contribution in [0.5, 0.6) is 0 Å². The molecule has 2 rings (SSSR count). The zero-order valence-electron chi connectivity index (χ0n) is 9.70. The molecule has 0 bridgehead atoms. The molecule has 0 amide bonds. The van der Waals surface area contributed by atoms with Crippen molar-refractivity contribution >= 4 is 11.4 Å². The van der Waals surface area contributed by atoms with Crippen LogP contribution in [0.1, 0.15) is 38.1 Å². The molecule has 3 N–H and O–H groups in total. The molecule has 0 aromatic carbocycles. The smallest absolute Gasteiger partial charge is 0.149 e. The van der Waals surface area contributed by atoms with Gasteiger partial charge in [-0.3, -0.25) is 0 Å². The zero-order chi connectivity index (χ0) is 11.8. The van der Waals surface area contributed by atoms with E-state index in [2.05, 4.69) is 29.9 Å². The number of aliphatic hydroxyl groups excluding tert-OH is 1. The van der Waals surface area contributed by atoms with Gasteiger partial charge in [-0.25, -0.2) is 9.97 Å². The van der Waals surface area contributed by atoms with Crippen molar-refractivity contribution in [3.05, 3.63) is 23.7 Å². The molecule has 0 saturated carbocycles. The lowest BCUT2D eigenvalue weighted by Crippen LogP contribution is -2.13. The highest BCUT2D eigenvalue weighted by Crippen LogP contribution is 2.44. The lowest BCUT2D eigenvalue weighted by atomic mass is 9.84. The van der Waals surface area contributed by atoms with Gasteiger partial charge < -0.3 is 10.8 Å². The summed E-state index contributed by atoms with van der Waals surface area (Å²) in [6.45, 7) is 4.26. The largest absolute Gasteiger partial charge is 0.390 e. The highest BCUT2D eigenvalue weighted by molar-refractivity contribution is 5.75. The molecule has 0 atom stereocenters. The minimum atomic E-state index is -0.103. The molecule has 86 valence electrons. The second kappa shape index (κ2) is 3.87. The molecule has 0 radical (unpaired) electrons. The van der Waals surface area contributed by atoms with E-state index in [-0.39, 0.29) is 12.0 Å². The van der Waals surface area contributed by atoms with E-state index in [1.165, 1.54) is 6.20 Å². The minimum absolute atomic E-state index is 0.0941. The van der Waals surface area contributed by atoms with E-state index < -0.39 is 0 Å². The van der Waals surface area contributed by atoms with E-state index in [0.29, 0.717) is 11.5 Å². The summed E-state index contributed by atoms with van der Waals surface area (Å²) in [6, 6.07) is 0. The molecule has 16 heavy (non-hydrogen) atoms. The molecule has 0 aliphatic heterocycles. The van der Waals surface area contributed by atoms with Crippen LogP contribution in [0.15, 0.2) is 12.3 Å². The number of aliphatic hydroxyl groups is 1. The first-order valence-corrected chi connectivity index (χ1v) is 5.48. The molecule has 1 aliphatic rings. The van der Waals surface area contributed by atoms with Crippen LogP contribution in [0.4, 0.5) is 5.82 Å². The van der Waals surface area contributed by atoms with E-state index in [4.69, 9.17) is 10.8 Å². The molecule has 1 aromatic rings. The van der Waals surface area contributed by atoms with Crippen molar-refractivity contribution in [3.8, 4) is 0 Å². The number of nitrogens with two attached hydrogens (primary N) is 1. The van der Waals surface area contributed by atoms with Crippen molar-refractivity contribution in [2.75, 3.05) is 5.73 Å². The van der Waals surface area contributed by atoms with E-state index >= 15 is 0 Å². The maximum Gasteiger partial charge on any atom is 0.149 e. The van der Waals surface area contributed by atoms with E-state index in [1.807, 2.05) is 0 Å². The van der Waals surface area contributed by atoms with Crippen LogP contribution in [-0.4, -0.2) is 15.1 Å². The monoisotopic (exact) mass is 219 g/mol. The Hall–Kier alpha value is -1.42. The van der Waals surface area contributed by atoms with Gasteiger partial charge in [0.15, 0.2) is 0 Å². The van der Waals surface area contributed by atoms with Crippen LogP contribution >= 0.6 is 0 Å². The third kappa shape index (κ3) is 1.80. The summed E-state index contributed by atoms with van der Waals surface area (Å²) in [5.41, 5.74) is 8.38. The number of rotatable bonds is 2. The van der Waals surface area contributed by atoms with Gasteiger partial charge in [0.2, 0.25) is 0 Å². The van der Waals surface area contributed by atoms with Crippen molar-refractivity contribution in [3.63, 3.8) is 0 Å². The van der Waals surface area contributed by atoms with Gasteiger partial charge in [-0.2, -0.15) is 0 Å². The Morgan fingerprint density at radius 3 is 2.81 bits per heavy atom. The second-order valence-electron chi connectivity index (χ2n) is 4.79. The van der Waals surface area contributed by atoms with Crippen LogP contribution in [0.3, 0.4) is 0 Å². The third-order valence-corrected chi connectivity index (χ3v) is 3.11. The molecular weight excluding hydrogens is 202 g/mol. The molecule has 0 fully saturated rings. The summed E-state index contributed by atoms with van der Waals surface area (Å²) in [6.07, 6.45) is 5.84. The quantitative estimate of drug-likeness (QED) is 0.795. The molecular formula is C12H17N3O. The molecule has 0 saturated heterocycles. The van der Waals surface area contributed by atoms with Crippen molar-refractivity contribution in [2.24, 2.45) is 5.41 Å². The van der Waals surface area contributed by atoms with Crippen LogP contribution in [0.2, 0.25) is 0 Å². The summed E-state index contributed by atoms with van der Waals surface area (Å²) < 4.78 is 0. The first-order chi connectivity index (χ1) is 7.54. The lowest BCUT2D eigenvalue weighted by Gasteiger charge is -2.22. The van der Waals surface area contributed by atoms with E-state index in [9.17, 15) is 0 Å². The zero-order valence-corrected chi connectivity index (χ0v) is 9.70. The summed E-state index contributed by atoms with van der Waals surface area (Å²) in [4.78, 5) is 8.44. The normalized spacial score (nSPS) is 18.6. The topological polar surface area (TPSA) is 72.0 Å². The van der Waals surface area contributed by atoms with Crippen molar-refractivity contribution in [1.29, 1.82) is 0 Å². The Kier molecular flexibility index (Phi) is 2.68. The lowest BCUT2D eigenvalue weighted by molar-refractivity contribution is 0.276. The van der Waals surface area contributed by atoms with Gasteiger partial charge in [-0.1, -0.05) is 19.9 Å². The van der Waals surface area contributed by atoms with Crippen LogP contribution in [0.25, 0.3) is 5.57 Å². The van der Waals surface area contributed by atoms with Gasteiger partial charge in [-0.05, 0) is 23.8 Å². The predicted octanol–water partition coefficient (Wildman–Crippen LogP) is 1.75.